The van der Waals surface area contributed by atoms with Crippen LogP contribution >= 0.6 is 23.8 Å². The van der Waals surface area contributed by atoms with E-state index in [2.05, 4.69) is 15.8 Å². The van der Waals surface area contributed by atoms with Gasteiger partial charge in [-0.25, -0.2) is 0 Å². The molecule has 0 saturated heterocycles. The summed E-state index contributed by atoms with van der Waals surface area (Å²) in [6.07, 6.45) is 3.87. The Balaban J connectivity index is 1.86. The van der Waals surface area contributed by atoms with Crippen LogP contribution in [0.15, 0.2) is 59.7 Å². The molecule has 0 radical (unpaired) electrons. The summed E-state index contributed by atoms with van der Waals surface area (Å²) in [7, 11) is 1.65. The third-order valence-electron chi connectivity index (χ3n) is 3.07. The first-order valence-electron chi connectivity index (χ1n) is 7.26. The van der Waals surface area contributed by atoms with E-state index >= 15 is 0 Å². The van der Waals surface area contributed by atoms with E-state index < -0.39 is 0 Å². The molecule has 124 valence electrons. The van der Waals surface area contributed by atoms with Gasteiger partial charge in [-0.05, 0) is 67.2 Å². The minimum Gasteiger partial charge on any atom is -0.497 e. The highest BCUT2D eigenvalue weighted by Crippen LogP contribution is 2.13. The highest BCUT2D eigenvalue weighted by Gasteiger charge is 1.96. The molecule has 0 heterocycles. The summed E-state index contributed by atoms with van der Waals surface area (Å²) in [6.45, 7) is 1.89. The van der Waals surface area contributed by atoms with E-state index in [9.17, 15) is 0 Å². The van der Waals surface area contributed by atoms with Gasteiger partial charge in [0.2, 0.25) is 0 Å². The van der Waals surface area contributed by atoms with Crippen LogP contribution in [0.4, 0.5) is 5.69 Å². The Kier molecular flexibility index (Phi) is 6.78. The molecule has 24 heavy (non-hydrogen) atoms. The summed E-state index contributed by atoms with van der Waals surface area (Å²) in [5.74, 6) is 0.831. The lowest BCUT2D eigenvalue weighted by atomic mass is 10.2. The van der Waals surface area contributed by atoms with Gasteiger partial charge in [-0.15, -0.1) is 0 Å². The molecule has 0 amide bonds. The van der Waals surface area contributed by atoms with Gasteiger partial charge in [0.25, 0.3) is 0 Å². The van der Waals surface area contributed by atoms with Crippen LogP contribution in [0.1, 0.15) is 12.5 Å². The molecule has 0 aromatic heterocycles. The molecule has 0 aliphatic rings. The van der Waals surface area contributed by atoms with Gasteiger partial charge < -0.3 is 10.1 Å². The second-order valence-electron chi connectivity index (χ2n) is 4.93. The number of hydrazone groups is 1. The second-order valence-corrected chi connectivity index (χ2v) is 5.78. The zero-order valence-electron chi connectivity index (χ0n) is 13.4. The molecule has 0 spiro atoms. The minimum absolute atomic E-state index is 0.412. The Hall–Kier alpha value is -2.37. The van der Waals surface area contributed by atoms with Gasteiger partial charge in [0, 0.05) is 10.7 Å². The molecule has 4 nitrogen and oxygen atoms in total. The number of anilines is 1. The van der Waals surface area contributed by atoms with Crippen LogP contribution in [0.2, 0.25) is 5.02 Å². The van der Waals surface area contributed by atoms with Crippen molar-refractivity contribution in [1.29, 1.82) is 0 Å². The molecule has 2 aromatic carbocycles. The molecule has 0 atom stereocenters. The van der Waals surface area contributed by atoms with Crippen LogP contribution in [0.25, 0.3) is 6.08 Å². The number of nitrogens with one attached hydrogen (secondary N) is 2. The third kappa shape index (κ3) is 6.02. The fourth-order valence-corrected chi connectivity index (χ4v) is 2.09. The van der Waals surface area contributed by atoms with Gasteiger partial charge in [-0.1, -0.05) is 29.8 Å². The zero-order valence-corrected chi connectivity index (χ0v) is 15.0. The van der Waals surface area contributed by atoms with E-state index in [4.69, 9.17) is 28.6 Å². The van der Waals surface area contributed by atoms with Crippen molar-refractivity contribution in [3.63, 3.8) is 0 Å². The van der Waals surface area contributed by atoms with Crippen molar-refractivity contribution in [3.8, 4) is 5.75 Å². The first-order chi connectivity index (χ1) is 11.6. The van der Waals surface area contributed by atoms with Crippen molar-refractivity contribution in [2.75, 3.05) is 12.4 Å². The van der Waals surface area contributed by atoms with Gasteiger partial charge in [0.15, 0.2) is 5.11 Å². The van der Waals surface area contributed by atoms with E-state index in [0.717, 1.165) is 22.7 Å². The predicted molar refractivity (Wildman–Crippen MR) is 106 cm³/mol. The highest BCUT2D eigenvalue weighted by molar-refractivity contribution is 7.80. The largest absolute Gasteiger partial charge is 0.497 e. The molecule has 0 aliphatic carbocycles. The Morgan fingerprint density at radius 3 is 2.42 bits per heavy atom. The molecule has 2 aromatic rings. The standard InChI is InChI=1S/C18H18ClN3OS/c1-13(3-4-14-5-11-17(23-2)12-6-14)21-22-18(24)20-16-9-7-15(19)8-10-16/h3-12H,1-2H3,(H2,20,22,24). The summed E-state index contributed by atoms with van der Waals surface area (Å²) < 4.78 is 5.13. The van der Waals surface area contributed by atoms with Crippen LogP contribution in [-0.2, 0) is 0 Å². The average molecular weight is 360 g/mol. The molecular weight excluding hydrogens is 342 g/mol. The van der Waals surface area contributed by atoms with E-state index in [1.807, 2.05) is 55.5 Å². The number of allylic oxidation sites excluding steroid dienone is 1. The van der Waals surface area contributed by atoms with Crippen LogP contribution in [0, 0.1) is 0 Å². The quantitative estimate of drug-likeness (QED) is 0.460. The van der Waals surface area contributed by atoms with E-state index in [-0.39, 0.29) is 0 Å². The van der Waals surface area contributed by atoms with Gasteiger partial charge >= 0.3 is 0 Å². The third-order valence-corrected chi connectivity index (χ3v) is 3.51. The number of hydrogen-bond acceptors (Lipinski definition) is 3. The summed E-state index contributed by atoms with van der Waals surface area (Å²) in [6, 6.07) is 15.0. The van der Waals surface area contributed by atoms with Crippen molar-refractivity contribution >= 4 is 46.4 Å². The first kappa shape index (κ1) is 18.0. The number of methoxy groups -OCH3 is 1. The average Bonchev–Trinajstić information content (AvgIpc) is 2.60. The number of rotatable bonds is 5. The molecule has 0 unspecified atom stereocenters. The molecule has 2 rings (SSSR count). The number of ether oxygens (including phenoxy) is 1. The molecule has 6 heteroatoms. The SMILES string of the molecule is COc1ccc(C=CC(C)=NNC(=S)Nc2ccc(Cl)cc2)cc1. The van der Waals surface area contributed by atoms with Gasteiger partial charge in [0.05, 0.1) is 12.8 Å². The fraction of sp³-hybridized carbons (Fsp3) is 0.111. The number of halogens is 1. The second kappa shape index (κ2) is 9.05. The van der Waals surface area contributed by atoms with Gasteiger partial charge in [0.1, 0.15) is 5.75 Å². The normalized spacial score (nSPS) is 11.4. The fourth-order valence-electron chi connectivity index (χ4n) is 1.80. The number of thiocarbonyl (C=S) groups is 1. The maximum absolute atomic E-state index is 5.84. The zero-order chi connectivity index (χ0) is 17.4. The number of nitrogens with zero attached hydrogens (tertiary/aromatic N) is 1. The van der Waals surface area contributed by atoms with Crippen molar-refractivity contribution in [2.24, 2.45) is 5.10 Å². The van der Waals surface area contributed by atoms with E-state index in [1.165, 1.54) is 0 Å². The van der Waals surface area contributed by atoms with Crippen molar-refractivity contribution in [1.82, 2.24) is 5.43 Å². The summed E-state index contributed by atoms with van der Waals surface area (Å²) in [5, 5.41) is 8.33. The molecule has 2 N–H and O–H groups in total. The van der Waals surface area contributed by atoms with E-state index in [0.29, 0.717) is 10.1 Å². The summed E-state index contributed by atoms with van der Waals surface area (Å²) >= 11 is 11.0. The van der Waals surface area contributed by atoms with Crippen molar-refractivity contribution in [2.45, 2.75) is 6.92 Å². The first-order valence-corrected chi connectivity index (χ1v) is 8.04. The lowest BCUT2D eigenvalue weighted by Gasteiger charge is -2.07. The van der Waals surface area contributed by atoms with Crippen molar-refractivity contribution in [3.05, 3.63) is 65.2 Å². The molecular formula is C18H18ClN3OS. The maximum atomic E-state index is 5.84. The number of hydrogen-bond donors (Lipinski definition) is 2. The topological polar surface area (TPSA) is 45.6 Å². The lowest BCUT2D eigenvalue weighted by molar-refractivity contribution is 0.415. The Morgan fingerprint density at radius 2 is 1.79 bits per heavy atom. The Bertz CT molecular complexity index is 740. The van der Waals surface area contributed by atoms with Gasteiger partial charge in [-0.3, -0.25) is 5.43 Å². The van der Waals surface area contributed by atoms with Crippen LogP contribution in [0.3, 0.4) is 0 Å². The smallest absolute Gasteiger partial charge is 0.191 e. The molecule has 0 aliphatic heterocycles. The summed E-state index contributed by atoms with van der Waals surface area (Å²) in [5.41, 5.74) is 5.51. The Morgan fingerprint density at radius 1 is 1.12 bits per heavy atom. The minimum atomic E-state index is 0.412. The summed E-state index contributed by atoms with van der Waals surface area (Å²) in [4.78, 5) is 0. The molecule has 0 fully saturated rings. The lowest BCUT2D eigenvalue weighted by Crippen LogP contribution is -2.24. The molecule has 0 saturated carbocycles. The monoisotopic (exact) mass is 359 g/mol. The Labute approximate surface area is 152 Å². The van der Waals surface area contributed by atoms with E-state index in [1.54, 1.807) is 19.2 Å². The van der Waals surface area contributed by atoms with Crippen LogP contribution < -0.4 is 15.5 Å². The maximum Gasteiger partial charge on any atom is 0.191 e. The van der Waals surface area contributed by atoms with Crippen LogP contribution in [-0.4, -0.2) is 17.9 Å². The van der Waals surface area contributed by atoms with Crippen molar-refractivity contribution < 1.29 is 4.74 Å². The number of benzene rings is 2. The van der Waals surface area contributed by atoms with Gasteiger partial charge in [-0.2, -0.15) is 5.10 Å². The predicted octanol–water partition coefficient (Wildman–Crippen LogP) is 4.72. The highest BCUT2D eigenvalue weighted by atomic mass is 35.5. The molecule has 0 bridgehead atoms. The van der Waals surface area contributed by atoms with Crippen LogP contribution in [0.5, 0.6) is 5.75 Å².